The zero-order chi connectivity index (χ0) is 32.7. The van der Waals surface area contributed by atoms with Crippen molar-refractivity contribution in [2.45, 2.75) is 62.3 Å². The molecule has 0 radical (unpaired) electrons. The third-order valence-electron chi connectivity index (χ3n) is 10.3. The molecule has 246 valence electrons. The van der Waals surface area contributed by atoms with E-state index in [1.807, 2.05) is 0 Å². The minimum Gasteiger partial charge on any atom is -0.508 e. The minimum absolute atomic E-state index is 0.0448. The minimum atomic E-state index is -4.97. The molecule has 1 N–H and O–H groups in total. The Hall–Kier alpha value is -3.97. The Morgan fingerprint density at radius 1 is 1.09 bits per heavy atom. The van der Waals surface area contributed by atoms with E-state index in [-0.39, 0.29) is 58.4 Å². The summed E-state index contributed by atoms with van der Waals surface area (Å²) >= 11 is 6.54. The van der Waals surface area contributed by atoms with Crippen molar-refractivity contribution in [2.75, 3.05) is 37.7 Å². The van der Waals surface area contributed by atoms with Crippen LogP contribution < -0.4 is 9.64 Å². The van der Waals surface area contributed by atoms with E-state index in [0.717, 1.165) is 43.7 Å². The lowest BCUT2D eigenvalue weighted by Crippen LogP contribution is -2.59. The van der Waals surface area contributed by atoms with E-state index in [1.54, 1.807) is 23.1 Å². The number of hydrogen-bond acceptors (Lipinski definition) is 8. The molecular weight excluding hydrogens is 640 g/mol. The van der Waals surface area contributed by atoms with Crippen molar-refractivity contribution in [1.82, 2.24) is 24.8 Å². The van der Waals surface area contributed by atoms with E-state index >= 15 is 4.39 Å². The molecule has 4 fully saturated rings. The van der Waals surface area contributed by atoms with Crippen LogP contribution in [0, 0.1) is 5.82 Å². The van der Waals surface area contributed by atoms with Crippen molar-refractivity contribution in [3.63, 3.8) is 0 Å². The molecule has 0 aliphatic carbocycles. The highest BCUT2D eigenvalue weighted by molar-refractivity contribution is 6.36. The van der Waals surface area contributed by atoms with Gasteiger partial charge in [-0.3, -0.25) is 14.7 Å². The highest BCUT2D eigenvalue weighted by Gasteiger charge is 2.52. The van der Waals surface area contributed by atoms with Crippen LogP contribution in [-0.2, 0) is 4.79 Å². The number of alkyl halides is 3. The number of carbonyl (C=O) groups excluding carboxylic acids is 1. The van der Waals surface area contributed by atoms with Gasteiger partial charge in [0.25, 0.3) is 0 Å². The summed E-state index contributed by atoms with van der Waals surface area (Å²) in [4.78, 5) is 31.2. The summed E-state index contributed by atoms with van der Waals surface area (Å²) in [5.41, 5.74) is -0.0252. The van der Waals surface area contributed by atoms with Crippen LogP contribution >= 0.6 is 11.6 Å². The van der Waals surface area contributed by atoms with Crippen LogP contribution in [-0.4, -0.2) is 92.4 Å². The number of fused-ring (bicyclic) bond motifs is 5. The van der Waals surface area contributed by atoms with E-state index in [9.17, 15) is 23.1 Å². The Balaban J connectivity index is 1.23. The second kappa shape index (κ2) is 11.0. The number of benzene rings is 2. The molecule has 2 unspecified atom stereocenters. The fraction of sp³-hybridized carbons (Fsp3) is 0.455. The molecule has 4 aliphatic rings. The first kappa shape index (κ1) is 30.4. The molecule has 14 heteroatoms. The number of rotatable bonds is 5. The van der Waals surface area contributed by atoms with Crippen LogP contribution in [0.5, 0.6) is 11.8 Å². The Morgan fingerprint density at radius 3 is 2.51 bits per heavy atom. The smallest absolute Gasteiger partial charge is 0.471 e. The van der Waals surface area contributed by atoms with Gasteiger partial charge in [-0.15, -0.1) is 0 Å². The Kier molecular flexibility index (Phi) is 7.14. The second-order valence-electron chi connectivity index (χ2n) is 13.1. The number of nitrogens with zero attached hydrogens (tertiary/aromatic N) is 6. The molecule has 2 aromatic carbocycles. The molecule has 0 saturated carbocycles. The summed E-state index contributed by atoms with van der Waals surface area (Å²) in [5.74, 6) is -2.43. The number of anilines is 1. The Bertz CT molecular complexity index is 1900. The molecule has 1 amide bonds. The molecule has 4 aliphatic heterocycles. The first-order chi connectivity index (χ1) is 22.5. The van der Waals surface area contributed by atoms with Gasteiger partial charge >= 0.3 is 18.1 Å². The molecule has 9 nitrogen and oxygen atoms in total. The predicted octanol–water partition coefficient (Wildman–Crippen LogP) is 6.09. The Labute approximate surface area is 272 Å². The number of halogens is 5. The number of phenolic OH excluding ortho intramolecular Hbond substituents is 1. The average molecular weight is 671 g/mol. The van der Waals surface area contributed by atoms with Crippen molar-refractivity contribution in [2.24, 2.45) is 0 Å². The van der Waals surface area contributed by atoms with Crippen molar-refractivity contribution in [3.8, 4) is 23.0 Å². The van der Waals surface area contributed by atoms with E-state index in [2.05, 4.69) is 14.9 Å². The van der Waals surface area contributed by atoms with Gasteiger partial charge in [0.05, 0.1) is 23.0 Å². The topological polar surface area (TPSA) is 94.9 Å². The van der Waals surface area contributed by atoms with Gasteiger partial charge in [0.1, 0.15) is 29.4 Å². The maximum Gasteiger partial charge on any atom is 0.471 e. The number of aromatic hydroxyl groups is 1. The molecule has 4 saturated heterocycles. The molecule has 2 bridgehead atoms. The van der Waals surface area contributed by atoms with Crippen molar-refractivity contribution in [1.29, 1.82) is 0 Å². The van der Waals surface area contributed by atoms with Gasteiger partial charge in [0.2, 0.25) is 0 Å². The maximum atomic E-state index is 16.8. The van der Waals surface area contributed by atoms with Crippen LogP contribution in [0.4, 0.5) is 23.4 Å². The summed E-state index contributed by atoms with van der Waals surface area (Å²) in [5, 5.41) is 12.2. The maximum absolute atomic E-state index is 16.8. The number of aromatic nitrogens is 3. The molecule has 6 heterocycles. The molecular formula is C33H31ClF4N6O3. The van der Waals surface area contributed by atoms with E-state index in [0.29, 0.717) is 35.2 Å². The van der Waals surface area contributed by atoms with Crippen molar-refractivity contribution >= 4 is 45.0 Å². The molecule has 8 rings (SSSR count). The lowest BCUT2D eigenvalue weighted by Gasteiger charge is -2.42. The van der Waals surface area contributed by atoms with Gasteiger partial charge in [-0.05, 0) is 75.2 Å². The number of pyridine rings is 1. The van der Waals surface area contributed by atoms with Gasteiger partial charge in [-0.2, -0.15) is 23.1 Å². The quantitative estimate of drug-likeness (QED) is 0.255. The van der Waals surface area contributed by atoms with Gasteiger partial charge in [0.15, 0.2) is 5.82 Å². The standard InChI is InChI=1S/C33H31ClF4N6O3/c34-24-5-1-4-18-12-21(45)13-22(25(18)24)27-26(35)28-23(14-39-27)29(41-31(40-28)47-17-32-8-2-10-43(32)11-3-9-32)42-15-19-6-7-20(16-42)44(19)30(46)33(36,37)38/h1,4-5,12-14,19-20,45H,2-3,6-11,15-17H2. The number of piperazine rings is 1. The Morgan fingerprint density at radius 2 is 1.81 bits per heavy atom. The van der Waals surface area contributed by atoms with Gasteiger partial charge < -0.3 is 19.6 Å². The van der Waals surface area contributed by atoms with E-state index in [1.165, 1.54) is 18.3 Å². The average Bonchev–Trinajstić information content (AvgIpc) is 3.69. The highest BCUT2D eigenvalue weighted by Crippen LogP contribution is 2.42. The number of amides is 1. The zero-order valence-electron chi connectivity index (χ0n) is 25.2. The van der Waals surface area contributed by atoms with Crippen LogP contribution in [0.25, 0.3) is 32.9 Å². The number of ether oxygens (including phenoxy) is 1. The summed E-state index contributed by atoms with van der Waals surface area (Å²) in [6.45, 7) is 2.46. The first-order valence-corrected chi connectivity index (χ1v) is 16.2. The lowest BCUT2D eigenvalue weighted by molar-refractivity contribution is -0.188. The summed E-state index contributed by atoms with van der Waals surface area (Å²) in [6, 6.07) is 6.67. The number of hydrogen-bond donors (Lipinski definition) is 1. The van der Waals surface area contributed by atoms with Gasteiger partial charge in [0, 0.05) is 35.3 Å². The SMILES string of the molecule is O=C(N1C2CCC1CN(c1nc(OCC34CCCN3CCC4)nc3c(F)c(-c4cc(O)cc5cccc(Cl)c45)ncc13)C2)C(F)(F)F. The third kappa shape index (κ3) is 5.00. The van der Waals surface area contributed by atoms with Crippen LogP contribution in [0.2, 0.25) is 5.02 Å². The summed E-state index contributed by atoms with van der Waals surface area (Å²) < 4.78 is 63.4. The summed E-state index contributed by atoms with van der Waals surface area (Å²) in [7, 11) is 0. The predicted molar refractivity (Wildman–Crippen MR) is 167 cm³/mol. The zero-order valence-corrected chi connectivity index (χ0v) is 26.0. The fourth-order valence-corrected chi connectivity index (χ4v) is 8.57. The molecule has 2 atom stereocenters. The third-order valence-corrected chi connectivity index (χ3v) is 10.7. The largest absolute Gasteiger partial charge is 0.508 e. The molecule has 2 aromatic heterocycles. The van der Waals surface area contributed by atoms with Crippen molar-refractivity contribution < 1.29 is 32.2 Å². The number of phenols is 1. The van der Waals surface area contributed by atoms with Gasteiger partial charge in [-0.1, -0.05) is 23.7 Å². The van der Waals surface area contributed by atoms with E-state index in [4.69, 9.17) is 21.3 Å². The normalized spacial score (nSPS) is 22.4. The first-order valence-electron chi connectivity index (χ1n) is 15.8. The molecule has 4 aromatic rings. The fourth-order valence-electron chi connectivity index (χ4n) is 8.28. The van der Waals surface area contributed by atoms with Crippen LogP contribution in [0.1, 0.15) is 38.5 Å². The van der Waals surface area contributed by atoms with Crippen LogP contribution in [0.3, 0.4) is 0 Å². The highest BCUT2D eigenvalue weighted by atomic mass is 35.5. The molecule has 0 spiro atoms. The van der Waals surface area contributed by atoms with Crippen LogP contribution in [0.15, 0.2) is 36.5 Å². The van der Waals surface area contributed by atoms with E-state index < -0.39 is 30.0 Å². The van der Waals surface area contributed by atoms with Gasteiger partial charge in [-0.25, -0.2) is 4.39 Å². The summed E-state index contributed by atoms with van der Waals surface area (Å²) in [6.07, 6.45) is 1.35. The lowest BCUT2D eigenvalue weighted by atomic mass is 9.95. The molecule has 47 heavy (non-hydrogen) atoms. The van der Waals surface area contributed by atoms with Crippen molar-refractivity contribution in [3.05, 3.63) is 47.4 Å². The number of carbonyl (C=O) groups is 1. The monoisotopic (exact) mass is 670 g/mol. The second-order valence-corrected chi connectivity index (χ2v) is 13.5.